The summed E-state index contributed by atoms with van der Waals surface area (Å²) in [4.78, 5) is 11.7. The van der Waals surface area contributed by atoms with Gasteiger partial charge in [0.2, 0.25) is 0 Å². The molecule has 0 radical (unpaired) electrons. The van der Waals surface area contributed by atoms with Crippen molar-refractivity contribution in [2.24, 2.45) is 0 Å². The molecule has 0 saturated heterocycles. The lowest BCUT2D eigenvalue weighted by molar-refractivity contribution is 0.475. The highest BCUT2D eigenvalue weighted by atomic mass is 79.9. The Kier molecular flexibility index (Phi) is 2.33. The summed E-state index contributed by atoms with van der Waals surface area (Å²) in [7, 11) is 0. The topological polar surface area (TPSA) is 61.8 Å². The predicted octanol–water partition coefficient (Wildman–Crippen LogP) is 3.09. The Morgan fingerprint density at radius 3 is 2.94 bits per heavy atom. The third-order valence-corrected chi connectivity index (χ3v) is 2.86. The fraction of sp³-hybridized carbons (Fsp3) is 0. The van der Waals surface area contributed by atoms with Crippen LogP contribution in [0.4, 0.5) is 0 Å². The number of rotatable bonds is 1. The summed E-state index contributed by atoms with van der Waals surface area (Å²) in [5, 5.41) is 9.43. The summed E-state index contributed by atoms with van der Waals surface area (Å²) in [5.74, 6) is 0.915. The van der Waals surface area contributed by atoms with E-state index in [-0.39, 0.29) is 5.75 Å². The average molecular weight is 290 g/mol. The molecule has 0 atom stereocenters. The summed E-state index contributed by atoms with van der Waals surface area (Å²) >= 11 is 3.36. The van der Waals surface area contributed by atoms with Gasteiger partial charge in [0.05, 0.1) is 5.52 Å². The summed E-state index contributed by atoms with van der Waals surface area (Å²) < 4.78 is 0.899. The van der Waals surface area contributed by atoms with E-state index in [9.17, 15) is 5.11 Å². The quantitative estimate of drug-likeness (QED) is 0.724. The van der Waals surface area contributed by atoms with Crippen molar-refractivity contribution in [3.63, 3.8) is 0 Å². The number of H-pyrrole nitrogens is 1. The summed E-state index contributed by atoms with van der Waals surface area (Å²) in [6.45, 7) is 0. The molecule has 4 nitrogen and oxygen atoms in total. The van der Waals surface area contributed by atoms with E-state index in [1.54, 1.807) is 24.4 Å². The van der Waals surface area contributed by atoms with Gasteiger partial charge in [-0.1, -0.05) is 12.1 Å². The SMILES string of the molecule is Oc1cccc(-c2nc3ncc(Br)cc3[nH]2)c1. The first-order valence-corrected chi connectivity index (χ1v) is 5.82. The van der Waals surface area contributed by atoms with Crippen molar-refractivity contribution in [1.82, 2.24) is 15.0 Å². The number of phenolic OH excluding ortho intramolecular Hbond substituents is 1. The molecule has 0 unspecified atom stereocenters. The highest BCUT2D eigenvalue weighted by Gasteiger charge is 2.06. The summed E-state index contributed by atoms with van der Waals surface area (Å²) in [6, 6.07) is 8.86. The minimum absolute atomic E-state index is 0.220. The molecule has 0 aliphatic heterocycles. The molecule has 0 amide bonds. The van der Waals surface area contributed by atoms with Crippen LogP contribution in [0.2, 0.25) is 0 Å². The number of aromatic nitrogens is 3. The molecule has 0 spiro atoms. The normalized spacial score (nSPS) is 10.9. The fourth-order valence-corrected chi connectivity index (χ4v) is 2.00. The number of aromatic hydroxyl groups is 1. The number of hydrogen-bond donors (Lipinski definition) is 2. The van der Waals surface area contributed by atoms with E-state index < -0.39 is 0 Å². The molecule has 2 N–H and O–H groups in total. The lowest BCUT2D eigenvalue weighted by atomic mass is 10.2. The average Bonchev–Trinajstić information content (AvgIpc) is 2.72. The van der Waals surface area contributed by atoms with Crippen molar-refractivity contribution >= 4 is 27.1 Å². The predicted molar refractivity (Wildman–Crippen MR) is 68.7 cm³/mol. The maximum absolute atomic E-state index is 9.43. The van der Waals surface area contributed by atoms with Crippen molar-refractivity contribution in [2.75, 3.05) is 0 Å². The lowest BCUT2D eigenvalue weighted by Crippen LogP contribution is -1.79. The molecule has 0 bridgehead atoms. The number of fused-ring (bicyclic) bond motifs is 1. The van der Waals surface area contributed by atoms with Crippen LogP contribution >= 0.6 is 15.9 Å². The summed E-state index contributed by atoms with van der Waals surface area (Å²) in [5.41, 5.74) is 2.35. The Bertz CT molecular complexity index is 693. The van der Waals surface area contributed by atoms with E-state index in [1.807, 2.05) is 12.1 Å². The van der Waals surface area contributed by atoms with Crippen LogP contribution < -0.4 is 0 Å². The molecule has 0 saturated carbocycles. The van der Waals surface area contributed by atoms with Crippen molar-refractivity contribution in [2.45, 2.75) is 0 Å². The van der Waals surface area contributed by atoms with Gasteiger partial charge in [0.25, 0.3) is 0 Å². The van der Waals surface area contributed by atoms with Crippen LogP contribution in [0.5, 0.6) is 5.75 Å². The zero-order valence-electron chi connectivity index (χ0n) is 8.68. The van der Waals surface area contributed by atoms with Crippen molar-refractivity contribution < 1.29 is 5.11 Å². The molecule has 84 valence electrons. The number of benzene rings is 1. The molecule has 3 aromatic rings. The number of halogens is 1. The molecule has 0 aliphatic carbocycles. The molecule has 0 fully saturated rings. The standard InChI is InChI=1S/C12H8BrN3O/c13-8-5-10-12(14-6-8)16-11(15-10)7-2-1-3-9(17)4-7/h1-6,17H,(H,14,15,16). The number of pyridine rings is 1. The molecular weight excluding hydrogens is 282 g/mol. The first-order valence-electron chi connectivity index (χ1n) is 5.03. The largest absolute Gasteiger partial charge is 0.508 e. The fourth-order valence-electron chi connectivity index (χ4n) is 1.66. The van der Waals surface area contributed by atoms with Gasteiger partial charge in [0.15, 0.2) is 5.65 Å². The number of nitrogens with one attached hydrogen (secondary N) is 1. The van der Waals surface area contributed by atoms with Gasteiger partial charge < -0.3 is 10.1 Å². The van der Waals surface area contributed by atoms with Gasteiger partial charge in [-0.05, 0) is 34.1 Å². The zero-order chi connectivity index (χ0) is 11.8. The molecule has 17 heavy (non-hydrogen) atoms. The minimum atomic E-state index is 0.220. The molecule has 1 aromatic carbocycles. The van der Waals surface area contributed by atoms with Crippen LogP contribution in [0, 0.1) is 0 Å². The third kappa shape index (κ3) is 1.89. The zero-order valence-corrected chi connectivity index (χ0v) is 10.3. The second-order valence-corrected chi connectivity index (χ2v) is 4.58. The molecule has 2 aromatic heterocycles. The second-order valence-electron chi connectivity index (χ2n) is 3.66. The highest BCUT2D eigenvalue weighted by molar-refractivity contribution is 9.10. The van der Waals surface area contributed by atoms with Crippen LogP contribution in [0.1, 0.15) is 0 Å². The minimum Gasteiger partial charge on any atom is -0.508 e. The smallest absolute Gasteiger partial charge is 0.178 e. The van der Waals surface area contributed by atoms with Crippen molar-refractivity contribution in [3.05, 3.63) is 41.0 Å². The number of phenols is 1. The van der Waals surface area contributed by atoms with Crippen LogP contribution in [-0.4, -0.2) is 20.1 Å². The van der Waals surface area contributed by atoms with Gasteiger partial charge >= 0.3 is 0 Å². The Morgan fingerprint density at radius 1 is 1.24 bits per heavy atom. The Morgan fingerprint density at radius 2 is 2.12 bits per heavy atom. The third-order valence-electron chi connectivity index (χ3n) is 2.42. The molecular formula is C12H8BrN3O. The Labute approximate surface area is 105 Å². The van der Waals surface area contributed by atoms with Crippen molar-refractivity contribution in [3.8, 4) is 17.1 Å². The highest BCUT2D eigenvalue weighted by Crippen LogP contribution is 2.23. The van der Waals surface area contributed by atoms with Crippen molar-refractivity contribution in [1.29, 1.82) is 0 Å². The van der Waals surface area contributed by atoms with E-state index in [2.05, 4.69) is 30.9 Å². The van der Waals surface area contributed by atoms with Crippen LogP contribution in [-0.2, 0) is 0 Å². The number of imidazole rings is 1. The van der Waals surface area contributed by atoms with E-state index in [0.717, 1.165) is 15.6 Å². The van der Waals surface area contributed by atoms with Gasteiger partial charge in [0, 0.05) is 16.2 Å². The van der Waals surface area contributed by atoms with Crippen LogP contribution in [0.3, 0.4) is 0 Å². The Balaban J connectivity index is 2.18. The monoisotopic (exact) mass is 289 g/mol. The van der Waals surface area contributed by atoms with E-state index in [4.69, 9.17) is 0 Å². The van der Waals surface area contributed by atoms with Gasteiger partial charge in [0.1, 0.15) is 11.6 Å². The van der Waals surface area contributed by atoms with E-state index in [0.29, 0.717) is 11.5 Å². The van der Waals surface area contributed by atoms with E-state index in [1.165, 1.54) is 0 Å². The first kappa shape index (κ1) is 10.3. The molecule has 0 aliphatic rings. The lowest BCUT2D eigenvalue weighted by Gasteiger charge is -1.96. The van der Waals surface area contributed by atoms with Crippen LogP contribution in [0.15, 0.2) is 41.0 Å². The molecule has 3 rings (SSSR count). The number of aromatic amines is 1. The summed E-state index contributed by atoms with van der Waals surface area (Å²) in [6.07, 6.45) is 1.70. The van der Waals surface area contributed by atoms with E-state index >= 15 is 0 Å². The first-order chi connectivity index (χ1) is 8.22. The van der Waals surface area contributed by atoms with Gasteiger partial charge in [-0.2, -0.15) is 0 Å². The second kappa shape index (κ2) is 3.85. The van der Waals surface area contributed by atoms with Gasteiger partial charge in [-0.25, -0.2) is 9.97 Å². The molecule has 2 heterocycles. The van der Waals surface area contributed by atoms with Gasteiger partial charge in [-0.15, -0.1) is 0 Å². The number of hydrogen-bond acceptors (Lipinski definition) is 3. The van der Waals surface area contributed by atoms with Gasteiger partial charge in [-0.3, -0.25) is 0 Å². The molecule has 5 heteroatoms. The maximum atomic E-state index is 9.43. The van der Waals surface area contributed by atoms with Crippen LogP contribution in [0.25, 0.3) is 22.6 Å². The number of nitrogens with zero attached hydrogens (tertiary/aromatic N) is 2. The maximum Gasteiger partial charge on any atom is 0.178 e. The Hall–Kier alpha value is -1.88.